The van der Waals surface area contributed by atoms with E-state index in [2.05, 4.69) is 4.98 Å². The maximum atomic E-state index is 12.8. The molecule has 0 radical (unpaired) electrons. The Balaban J connectivity index is 2.46. The molecule has 1 heterocycles. The number of rotatable bonds is 2. The zero-order valence-electron chi connectivity index (χ0n) is 9.22. The minimum Gasteiger partial charge on any atom is -0.382 e. The summed E-state index contributed by atoms with van der Waals surface area (Å²) in [5.41, 5.74) is -0.917. The summed E-state index contributed by atoms with van der Waals surface area (Å²) in [5, 5.41) is 9.97. The second-order valence-corrected chi connectivity index (χ2v) is 3.75. The normalized spacial score (nSPS) is 13.3. The van der Waals surface area contributed by atoms with Gasteiger partial charge in [0.05, 0.1) is 11.3 Å². The zero-order chi connectivity index (χ0) is 13.2. The highest BCUT2D eigenvalue weighted by Gasteiger charge is 2.35. The van der Waals surface area contributed by atoms with Crippen LogP contribution in [0.2, 0.25) is 0 Å². The highest BCUT2D eigenvalue weighted by atomic mass is 19.4. The lowest BCUT2D eigenvalue weighted by Gasteiger charge is -2.16. The molecule has 5 heteroatoms. The minimum atomic E-state index is -4.53. The number of pyridine rings is 1. The Kier molecular flexibility index (Phi) is 3.34. The summed E-state index contributed by atoms with van der Waals surface area (Å²) in [6.45, 7) is 0. The molecule has 0 fully saturated rings. The summed E-state index contributed by atoms with van der Waals surface area (Å²) in [4.78, 5) is 3.65. The van der Waals surface area contributed by atoms with Crippen molar-refractivity contribution < 1.29 is 18.3 Å². The summed E-state index contributed by atoms with van der Waals surface area (Å²) in [5.74, 6) is 0. The molecule has 1 aromatic heterocycles. The Morgan fingerprint density at radius 3 is 2.28 bits per heavy atom. The molecule has 0 amide bonds. The number of hydrogen-bond donors (Lipinski definition) is 1. The van der Waals surface area contributed by atoms with Crippen molar-refractivity contribution >= 4 is 0 Å². The molecule has 0 aliphatic carbocycles. The van der Waals surface area contributed by atoms with Gasteiger partial charge in [0.25, 0.3) is 0 Å². The number of aliphatic hydroxyl groups is 1. The van der Waals surface area contributed by atoms with E-state index in [1.807, 2.05) is 0 Å². The second-order valence-electron chi connectivity index (χ2n) is 3.75. The summed E-state index contributed by atoms with van der Waals surface area (Å²) >= 11 is 0. The first-order valence-corrected chi connectivity index (χ1v) is 5.25. The number of hydrogen-bond acceptors (Lipinski definition) is 2. The number of aromatic nitrogens is 1. The van der Waals surface area contributed by atoms with E-state index in [1.165, 1.54) is 12.3 Å². The maximum Gasteiger partial charge on any atom is 0.418 e. The van der Waals surface area contributed by atoms with Crippen LogP contribution in [0.25, 0.3) is 0 Å². The third-order valence-corrected chi connectivity index (χ3v) is 2.52. The van der Waals surface area contributed by atoms with E-state index in [9.17, 15) is 18.3 Å². The lowest BCUT2D eigenvalue weighted by molar-refractivity contribution is -0.139. The molecule has 2 nitrogen and oxygen atoms in total. The third kappa shape index (κ3) is 2.51. The smallest absolute Gasteiger partial charge is 0.382 e. The van der Waals surface area contributed by atoms with Gasteiger partial charge in [-0.2, -0.15) is 13.2 Å². The first kappa shape index (κ1) is 12.6. The lowest BCUT2D eigenvalue weighted by atomic mass is 10.0. The van der Waals surface area contributed by atoms with E-state index in [0.717, 1.165) is 6.07 Å². The Morgan fingerprint density at radius 1 is 1.00 bits per heavy atom. The molecule has 94 valence electrons. The van der Waals surface area contributed by atoms with Crippen molar-refractivity contribution in [3.63, 3.8) is 0 Å². The van der Waals surface area contributed by atoms with Gasteiger partial charge in [-0.1, -0.05) is 30.3 Å². The van der Waals surface area contributed by atoms with Gasteiger partial charge in [0.2, 0.25) is 0 Å². The van der Waals surface area contributed by atoms with Gasteiger partial charge in [-0.25, -0.2) is 0 Å². The molecular weight excluding hydrogens is 243 g/mol. The maximum absolute atomic E-state index is 12.8. The summed E-state index contributed by atoms with van der Waals surface area (Å²) in [6, 6.07) is 10.2. The summed E-state index contributed by atoms with van der Waals surface area (Å²) in [6.07, 6.45) is -4.68. The Labute approximate surface area is 102 Å². The molecule has 1 N–H and O–H groups in total. The number of aliphatic hydroxyl groups excluding tert-OH is 1. The van der Waals surface area contributed by atoms with Crippen LogP contribution in [0.3, 0.4) is 0 Å². The summed E-state index contributed by atoms with van der Waals surface area (Å²) < 4.78 is 38.3. The molecule has 1 unspecified atom stereocenters. The molecular formula is C13H10F3NO. The Morgan fingerprint density at radius 2 is 1.67 bits per heavy atom. The lowest BCUT2D eigenvalue weighted by Crippen LogP contribution is -2.14. The van der Waals surface area contributed by atoms with Crippen LogP contribution in [0.1, 0.15) is 22.9 Å². The van der Waals surface area contributed by atoms with E-state index in [1.54, 1.807) is 30.3 Å². The molecule has 2 aromatic rings. The topological polar surface area (TPSA) is 33.1 Å². The van der Waals surface area contributed by atoms with Crippen molar-refractivity contribution in [3.05, 3.63) is 65.5 Å². The number of nitrogens with zero attached hydrogens (tertiary/aromatic N) is 1. The van der Waals surface area contributed by atoms with E-state index >= 15 is 0 Å². The predicted octanol–water partition coefficient (Wildman–Crippen LogP) is 3.18. The van der Waals surface area contributed by atoms with Crippen LogP contribution in [0, 0.1) is 0 Å². The van der Waals surface area contributed by atoms with Crippen molar-refractivity contribution in [2.24, 2.45) is 0 Å². The van der Waals surface area contributed by atoms with Crippen molar-refractivity contribution in [3.8, 4) is 0 Å². The van der Waals surface area contributed by atoms with Crippen LogP contribution in [-0.4, -0.2) is 10.1 Å². The molecule has 1 aromatic carbocycles. The van der Waals surface area contributed by atoms with Crippen LogP contribution >= 0.6 is 0 Å². The second kappa shape index (κ2) is 4.78. The van der Waals surface area contributed by atoms with E-state index < -0.39 is 17.8 Å². The molecule has 18 heavy (non-hydrogen) atoms. The average Bonchev–Trinajstić information content (AvgIpc) is 2.38. The fourth-order valence-corrected chi connectivity index (χ4v) is 1.67. The number of benzene rings is 1. The Hall–Kier alpha value is -1.88. The molecule has 0 aliphatic heterocycles. The van der Waals surface area contributed by atoms with Gasteiger partial charge in [0, 0.05) is 6.20 Å². The zero-order valence-corrected chi connectivity index (χ0v) is 9.22. The van der Waals surface area contributed by atoms with Gasteiger partial charge in [-0.05, 0) is 17.7 Å². The van der Waals surface area contributed by atoms with Crippen LogP contribution < -0.4 is 0 Å². The van der Waals surface area contributed by atoms with Gasteiger partial charge in [0.15, 0.2) is 0 Å². The predicted molar refractivity (Wildman–Crippen MR) is 59.7 cm³/mol. The van der Waals surface area contributed by atoms with Crippen LogP contribution in [-0.2, 0) is 6.18 Å². The first-order chi connectivity index (χ1) is 8.50. The largest absolute Gasteiger partial charge is 0.418 e. The fourth-order valence-electron chi connectivity index (χ4n) is 1.67. The highest BCUT2D eigenvalue weighted by molar-refractivity contribution is 5.32. The first-order valence-electron chi connectivity index (χ1n) is 5.25. The van der Waals surface area contributed by atoms with Gasteiger partial charge < -0.3 is 5.11 Å². The van der Waals surface area contributed by atoms with E-state index in [-0.39, 0.29) is 5.69 Å². The Bertz CT molecular complexity index is 525. The third-order valence-electron chi connectivity index (χ3n) is 2.52. The van der Waals surface area contributed by atoms with Crippen LogP contribution in [0.15, 0.2) is 48.7 Å². The van der Waals surface area contributed by atoms with Crippen LogP contribution in [0.5, 0.6) is 0 Å². The van der Waals surface area contributed by atoms with Crippen LogP contribution in [0.4, 0.5) is 13.2 Å². The molecule has 0 saturated heterocycles. The van der Waals surface area contributed by atoms with Crippen molar-refractivity contribution in [1.29, 1.82) is 0 Å². The van der Waals surface area contributed by atoms with Crippen molar-refractivity contribution in [2.75, 3.05) is 0 Å². The average molecular weight is 253 g/mol. The van der Waals surface area contributed by atoms with Gasteiger partial charge in [0.1, 0.15) is 6.10 Å². The number of alkyl halides is 3. The van der Waals surface area contributed by atoms with Crippen molar-refractivity contribution in [2.45, 2.75) is 12.3 Å². The molecule has 0 saturated carbocycles. The number of halogens is 3. The fraction of sp³-hybridized carbons (Fsp3) is 0.154. The SMILES string of the molecule is OC(c1ccccc1)c1ncccc1C(F)(F)F. The standard InChI is InChI=1S/C13H10F3NO/c14-13(15,16)10-7-4-8-17-11(10)12(18)9-5-2-1-3-6-9/h1-8,12,18H. The quantitative estimate of drug-likeness (QED) is 0.891. The molecule has 1 atom stereocenters. The molecule has 2 rings (SSSR count). The van der Waals surface area contributed by atoms with Gasteiger partial charge in [-0.15, -0.1) is 0 Å². The molecule has 0 aliphatic rings. The minimum absolute atomic E-state index is 0.377. The van der Waals surface area contributed by atoms with Gasteiger partial charge >= 0.3 is 6.18 Å². The summed E-state index contributed by atoms with van der Waals surface area (Å²) in [7, 11) is 0. The van der Waals surface area contributed by atoms with Gasteiger partial charge in [-0.3, -0.25) is 4.98 Å². The van der Waals surface area contributed by atoms with E-state index in [0.29, 0.717) is 5.56 Å². The monoisotopic (exact) mass is 253 g/mol. The van der Waals surface area contributed by atoms with Crippen molar-refractivity contribution in [1.82, 2.24) is 4.98 Å². The van der Waals surface area contributed by atoms with E-state index in [4.69, 9.17) is 0 Å². The highest BCUT2D eigenvalue weighted by Crippen LogP contribution is 2.35. The molecule has 0 spiro atoms. The molecule has 0 bridgehead atoms.